The smallest absolute Gasteiger partial charge is 0.407 e. The van der Waals surface area contributed by atoms with Crippen LogP contribution in [0.15, 0.2) is 108 Å². The molecular weight excluding hydrogens is 1430 g/mol. The number of benzene rings is 4. The normalized spacial score (nSPS) is 14.9. The molecule has 0 unspecified atom stereocenters. The van der Waals surface area contributed by atoms with Crippen molar-refractivity contribution in [3.8, 4) is 11.5 Å². The third-order valence-corrected chi connectivity index (χ3v) is 18.2. The van der Waals surface area contributed by atoms with Crippen LogP contribution in [0.5, 0.6) is 11.5 Å². The highest BCUT2D eigenvalue weighted by molar-refractivity contribution is 14.1. The third kappa shape index (κ3) is 16.7. The molecule has 0 radical (unpaired) electrons. The number of anilines is 3. The molecule has 29 heteroatoms. The van der Waals surface area contributed by atoms with E-state index in [1.165, 1.54) is 34.6 Å². The molecule has 7 heterocycles. The molecule has 26 nitrogen and oxygen atoms in total. The van der Waals surface area contributed by atoms with Gasteiger partial charge in [-0.3, -0.25) is 19.0 Å². The van der Waals surface area contributed by atoms with Crippen molar-refractivity contribution in [1.82, 2.24) is 53.9 Å². The van der Waals surface area contributed by atoms with Gasteiger partial charge in [-0.2, -0.15) is 10.2 Å². The number of nitrogens with one attached hydrogen (secondary N) is 2. The monoisotopic (exact) mass is 1510 g/mol. The average molecular weight is 1510 g/mol. The van der Waals surface area contributed by atoms with E-state index < -0.39 is 41.2 Å². The summed E-state index contributed by atoms with van der Waals surface area (Å²) in [5.41, 5.74) is 3.92. The maximum Gasteiger partial charge on any atom is 0.407 e. The Labute approximate surface area is 596 Å². The molecule has 2 fully saturated rings. The van der Waals surface area contributed by atoms with E-state index in [0.717, 1.165) is 47.9 Å². The molecule has 5 aromatic heterocycles. The van der Waals surface area contributed by atoms with E-state index >= 15 is 0 Å². The Balaban J connectivity index is 0.000000214. The van der Waals surface area contributed by atoms with Crippen LogP contribution >= 0.6 is 45.8 Å². The van der Waals surface area contributed by atoms with Gasteiger partial charge in [0.1, 0.15) is 54.2 Å². The molecule has 524 valence electrons. The molecule has 0 aliphatic carbocycles. The molecule has 2 aliphatic rings. The minimum absolute atomic E-state index is 0.124. The fourth-order valence-corrected chi connectivity index (χ4v) is 13.2. The first kappa shape index (κ1) is 72.4. The summed E-state index contributed by atoms with van der Waals surface area (Å²) in [6.07, 6.45) is 3.59. The van der Waals surface area contributed by atoms with Gasteiger partial charge in [0, 0.05) is 62.4 Å². The van der Waals surface area contributed by atoms with Gasteiger partial charge in [0.2, 0.25) is 11.9 Å². The standard InChI is InChI=1S/C35H41ClIN7O6.C35H40ClN7O6/c1-35(2,3)50-34(47)39-24-11-9-17-42(21-24)33-40-30(37)29(43(33)20-23-10-7-8-12-26(23)36)31(45)41(4)27-18-38-44(28(27)32(46)49-6)19-22-13-15-25(48-5)16-14-22;1-35(2,3)49-34(46)37-23-11-9-17-41(20-23)33-38-26-27-28(40(4)31(44)29(26)42(33)19-22-10-7-8-12-25(22)36)30(32(45)48-6)43(39-27)18-21-13-15-24(47-5)16-14-21/h7-8,10,12-16,18,24H,9,11,17,19-21H2,1-6H3,(H,39,47);7-8,10,12-16,23H,9,11,17-20H2,1-6H3,(H,37,46)/t24-;23-/m11/s1. The molecule has 2 N–H and O–H groups in total. The summed E-state index contributed by atoms with van der Waals surface area (Å²) in [5, 5.41) is 16.4. The highest BCUT2D eigenvalue weighted by Gasteiger charge is 2.36. The Morgan fingerprint density at radius 2 is 1.08 bits per heavy atom. The van der Waals surface area contributed by atoms with Crippen LogP contribution in [0, 0.1) is 3.70 Å². The fraction of sp³-hybridized carbons (Fsp3) is 0.400. The quantitative estimate of drug-likeness (QED) is 0.0459. The van der Waals surface area contributed by atoms with Gasteiger partial charge in [0.15, 0.2) is 11.4 Å². The molecule has 9 aromatic rings. The van der Waals surface area contributed by atoms with E-state index in [4.69, 9.17) is 66.7 Å². The van der Waals surface area contributed by atoms with E-state index in [0.29, 0.717) is 91.1 Å². The lowest BCUT2D eigenvalue weighted by Crippen LogP contribution is -2.49. The van der Waals surface area contributed by atoms with Gasteiger partial charge in [0.05, 0.1) is 66.5 Å². The number of aryl methyl sites for hydroxylation is 1. The van der Waals surface area contributed by atoms with Crippen molar-refractivity contribution in [3.63, 3.8) is 0 Å². The van der Waals surface area contributed by atoms with Crippen molar-refractivity contribution in [3.05, 3.63) is 167 Å². The number of pyridine rings is 1. The van der Waals surface area contributed by atoms with Crippen molar-refractivity contribution >= 4 is 115 Å². The Morgan fingerprint density at radius 1 is 0.606 bits per heavy atom. The third-order valence-electron chi connectivity index (χ3n) is 16.7. The first-order chi connectivity index (χ1) is 47.2. The molecule has 0 spiro atoms. The zero-order chi connectivity index (χ0) is 71.2. The molecule has 4 aromatic carbocycles. The van der Waals surface area contributed by atoms with Crippen LogP contribution in [0.4, 0.5) is 27.2 Å². The highest BCUT2D eigenvalue weighted by Crippen LogP contribution is 2.35. The summed E-state index contributed by atoms with van der Waals surface area (Å²) in [5.74, 6) is 0.815. The lowest BCUT2D eigenvalue weighted by Gasteiger charge is -2.34. The van der Waals surface area contributed by atoms with Gasteiger partial charge in [-0.1, -0.05) is 83.9 Å². The number of fused-ring (bicyclic) bond motifs is 3. The lowest BCUT2D eigenvalue weighted by atomic mass is 10.1. The molecule has 99 heavy (non-hydrogen) atoms. The maximum absolute atomic E-state index is 14.5. The minimum Gasteiger partial charge on any atom is -0.497 e. The van der Waals surface area contributed by atoms with Crippen LogP contribution < -0.4 is 40.4 Å². The summed E-state index contributed by atoms with van der Waals surface area (Å²) in [6.45, 7) is 14.1. The van der Waals surface area contributed by atoms with Crippen LogP contribution in [-0.4, -0.2) is 158 Å². The predicted molar refractivity (Wildman–Crippen MR) is 385 cm³/mol. The molecule has 2 saturated heterocycles. The number of imidazole rings is 2. The zero-order valence-electron chi connectivity index (χ0n) is 57.4. The first-order valence-corrected chi connectivity index (χ1v) is 34.0. The lowest BCUT2D eigenvalue weighted by molar-refractivity contribution is 0.0488. The van der Waals surface area contributed by atoms with Gasteiger partial charge in [-0.15, -0.1) is 0 Å². The molecule has 11 rings (SSSR count). The summed E-state index contributed by atoms with van der Waals surface area (Å²) >= 11 is 15.3. The maximum atomic E-state index is 14.5. The van der Waals surface area contributed by atoms with E-state index in [1.54, 1.807) is 45.1 Å². The van der Waals surface area contributed by atoms with E-state index in [9.17, 15) is 28.8 Å². The molecular formula is C70H81Cl2IN14O12. The number of nitrogens with zero attached hydrogens (tertiary/aromatic N) is 12. The highest BCUT2D eigenvalue weighted by atomic mass is 127. The number of piperidine rings is 2. The topological polar surface area (TPSA) is 268 Å². The van der Waals surface area contributed by atoms with Gasteiger partial charge >= 0.3 is 24.1 Å². The predicted octanol–water partition coefficient (Wildman–Crippen LogP) is 11.1. The van der Waals surface area contributed by atoms with Crippen molar-refractivity contribution in [2.75, 3.05) is 76.4 Å². The van der Waals surface area contributed by atoms with Gasteiger partial charge in [-0.25, -0.2) is 29.1 Å². The van der Waals surface area contributed by atoms with Gasteiger partial charge in [-0.05, 0) is 148 Å². The van der Waals surface area contributed by atoms with Crippen molar-refractivity contribution in [2.24, 2.45) is 7.05 Å². The SMILES string of the molecule is COC(=O)c1c(N(C)C(=O)c2c(I)nc(N3CCC[C@@H](NC(=O)OC(C)(C)C)C3)n2Cc2ccccc2Cl)cnn1Cc1ccc(OC)cc1.COC(=O)c1c2c(nn1Cc1ccc(OC)cc1)c1nc(N3CCC[C@@H](NC(=O)OC(C)(C)C)C3)n(Cc3ccccc3Cl)c1c(=O)n2C. The Morgan fingerprint density at radius 3 is 1.57 bits per heavy atom. The van der Waals surface area contributed by atoms with Gasteiger partial charge in [0.25, 0.3) is 11.5 Å². The van der Waals surface area contributed by atoms with E-state index in [2.05, 4.69) is 48.1 Å². The molecule has 0 bridgehead atoms. The second-order valence-electron chi connectivity index (χ2n) is 26.0. The molecule has 2 aliphatic heterocycles. The minimum atomic E-state index is -0.637. The Hall–Kier alpha value is -9.35. The average Bonchev–Trinajstić information content (AvgIpc) is 1.57. The number of amides is 3. The summed E-state index contributed by atoms with van der Waals surface area (Å²) in [7, 11) is 8.98. The van der Waals surface area contributed by atoms with Crippen molar-refractivity contribution in [1.29, 1.82) is 0 Å². The van der Waals surface area contributed by atoms with Gasteiger partial charge < -0.3 is 67.5 Å². The Bertz CT molecular complexity index is 4510. The summed E-state index contributed by atoms with van der Waals surface area (Å²) in [4.78, 5) is 96.1. The second kappa shape index (κ2) is 30.8. The number of ether oxygens (including phenoxy) is 6. The number of rotatable bonds is 18. The summed E-state index contributed by atoms with van der Waals surface area (Å²) in [6, 6.07) is 29.3. The summed E-state index contributed by atoms with van der Waals surface area (Å²) < 4.78 is 40.5. The second-order valence-corrected chi connectivity index (χ2v) is 27.9. The van der Waals surface area contributed by atoms with E-state index in [1.807, 2.05) is 136 Å². The number of aromatic nitrogens is 9. The zero-order valence-corrected chi connectivity index (χ0v) is 61.0. The molecule has 2 atom stereocenters. The van der Waals surface area contributed by atoms with Crippen LogP contribution in [0.1, 0.15) is 121 Å². The Kier molecular flexibility index (Phi) is 22.5. The van der Waals surface area contributed by atoms with Crippen LogP contribution in [0.25, 0.3) is 22.1 Å². The van der Waals surface area contributed by atoms with Crippen LogP contribution in [-0.2, 0) is 52.2 Å². The number of hydrogen-bond donors (Lipinski definition) is 2. The van der Waals surface area contributed by atoms with Crippen molar-refractivity contribution < 1.29 is 52.4 Å². The van der Waals surface area contributed by atoms with E-state index in [-0.39, 0.29) is 60.9 Å². The number of alkyl carbamates (subject to hydrolysis) is 2. The molecule has 0 saturated carbocycles. The number of hydrogen-bond acceptors (Lipinski definition) is 18. The number of carbonyl (C=O) groups excluding carboxylic acids is 5. The fourth-order valence-electron chi connectivity index (χ4n) is 12.0. The first-order valence-electron chi connectivity index (χ1n) is 32.2. The largest absolute Gasteiger partial charge is 0.497 e. The number of methoxy groups -OCH3 is 4. The number of halogens is 3. The number of esters is 2. The van der Waals surface area contributed by atoms with Crippen molar-refractivity contribution in [2.45, 2.75) is 117 Å². The van der Waals surface area contributed by atoms with Crippen LogP contribution in [0.3, 0.4) is 0 Å². The van der Waals surface area contributed by atoms with Crippen LogP contribution in [0.2, 0.25) is 10.0 Å². The molecule has 3 amide bonds. The number of carbonyl (C=O) groups is 5.